The topological polar surface area (TPSA) is 60.0 Å². The molecule has 0 aromatic heterocycles. The maximum atomic E-state index is 12.7. The van der Waals surface area contributed by atoms with Gasteiger partial charge in [0.05, 0.1) is 12.6 Å². The second-order valence-electron chi connectivity index (χ2n) is 5.87. The normalized spacial score (nSPS) is 27.2. The van der Waals surface area contributed by atoms with E-state index in [-0.39, 0.29) is 24.8 Å². The molecule has 4 rings (SSSR count). The number of benzene rings is 1. The highest BCUT2D eigenvalue weighted by Crippen LogP contribution is 2.39. The van der Waals surface area contributed by atoms with Gasteiger partial charge in [-0.1, -0.05) is 6.07 Å². The van der Waals surface area contributed by atoms with Gasteiger partial charge in [0, 0.05) is 19.6 Å². The van der Waals surface area contributed by atoms with Crippen molar-refractivity contribution in [1.82, 2.24) is 10.2 Å². The number of likely N-dealkylation sites (tertiary alicyclic amines) is 1. The molecule has 3 heterocycles. The Hall–Kier alpha value is -1.79. The molecule has 1 aromatic carbocycles. The molecule has 22 heavy (non-hydrogen) atoms. The molecule has 1 amide bonds. The first-order chi connectivity index (χ1) is 10.8. The molecule has 2 atom stereocenters. The van der Waals surface area contributed by atoms with E-state index in [1.807, 2.05) is 23.1 Å². The Morgan fingerprint density at radius 1 is 1.27 bits per heavy atom. The van der Waals surface area contributed by atoms with Crippen molar-refractivity contribution < 1.29 is 19.0 Å². The Balaban J connectivity index is 1.54. The summed E-state index contributed by atoms with van der Waals surface area (Å²) in [5.41, 5.74) is 1.11. The largest absolute Gasteiger partial charge is 0.454 e. The molecular formula is C16H20N2O4. The van der Waals surface area contributed by atoms with Crippen LogP contribution < -0.4 is 14.8 Å². The van der Waals surface area contributed by atoms with Crippen LogP contribution >= 0.6 is 0 Å². The number of carbonyl (C=O) groups is 1. The van der Waals surface area contributed by atoms with Gasteiger partial charge in [-0.3, -0.25) is 4.79 Å². The molecule has 0 aliphatic carbocycles. The third kappa shape index (κ3) is 2.42. The van der Waals surface area contributed by atoms with Crippen LogP contribution in [0.25, 0.3) is 0 Å². The first-order valence-electron chi connectivity index (χ1n) is 7.85. The summed E-state index contributed by atoms with van der Waals surface area (Å²) >= 11 is 0. The molecule has 0 radical (unpaired) electrons. The lowest BCUT2D eigenvalue weighted by molar-refractivity contribution is -0.146. The highest BCUT2D eigenvalue weighted by atomic mass is 16.7. The second-order valence-corrected chi connectivity index (χ2v) is 5.87. The Bertz CT molecular complexity index is 571. The molecule has 0 spiro atoms. The Morgan fingerprint density at radius 3 is 3.05 bits per heavy atom. The lowest BCUT2D eigenvalue weighted by Gasteiger charge is -2.31. The van der Waals surface area contributed by atoms with Crippen molar-refractivity contribution in [2.75, 3.05) is 33.0 Å². The molecule has 118 valence electrons. The van der Waals surface area contributed by atoms with E-state index in [4.69, 9.17) is 14.2 Å². The SMILES string of the molecule is O=C(C1CNCCO1)N1CCCC1c1ccc2c(c1)OCO2. The Kier molecular flexibility index (Phi) is 3.63. The van der Waals surface area contributed by atoms with Crippen LogP contribution in [0.3, 0.4) is 0 Å². The fraction of sp³-hybridized carbons (Fsp3) is 0.562. The van der Waals surface area contributed by atoms with Gasteiger partial charge in [-0.25, -0.2) is 0 Å². The minimum absolute atomic E-state index is 0.0902. The van der Waals surface area contributed by atoms with Crippen molar-refractivity contribution in [3.05, 3.63) is 23.8 Å². The van der Waals surface area contributed by atoms with Crippen molar-refractivity contribution in [3.8, 4) is 11.5 Å². The van der Waals surface area contributed by atoms with Crippen LogP contribution in [0.1, 0.15) is 24.4 Å². The zero-order valence-corrected chi connectivity index (χ0v) is 12.4. The molecule has 0 saturated carbocycles. The quantitative estimate of drug-likeness (QED) is 0.885. The zero-order chi connectivity index (χ0) is 14.9. The number of nitrogens with one attached hydrogen (secondary N) is 1. The van der Waals surface area contributed by atoms with E-state index in [1.54, 1.807) is 0 Å². The number of rotatable bonds is 2. The number of hydrogen-bond acceptors (Lipinski definition) is 5. The molecule has 1 N–H and O–H groups in total. The number of nitrogens with zero attached hydrogens (tertiary/aromatic N) is 1. The van der Waals surface area contributed by atoms with Gasteiger partial charge in [-0.15, -0.1) is 0 Å². The monoisotopic (exact) mass is 304 g/mol. The molecule has 2 fully saturated rings. The average molecular weight is 304 g/mol. The smallest absolute Gasteiger partial charge is 0.253 e. The van der Waals surface area contributed by atoms with E-state index >= 15 is 0 Å². The predicted octanol–water partition coefficient (Wildman–Crippen LogP) is 1.07. The molecule has 0 bridgehead atoms. The van der Waals surface area contributed by atoms with Crippen LogP contribution in [0.15, 0.2) is 18.2 Å². The third-order valence-corrected chi connectivity index (χ3v) is 4.52. The molecule has 1 aromatic rings. The molecule has 3 aliphatic rings. The van der Waals surface area contributed by atoms with E-state index in [0.29, 0.717) is 13.2 Å². The van der Waals surface area contributed by atoms with Crippen molar-refractivity contribution in [3.63, 3.8) is 0 Å². The Labute approximate surface area is 129 Å². The maximum absolute atomic E-state index is 12.7. The standard InChI is InChI=1S/C16H20N2O4/c19-16(15-9-17-5-7-20-15)18-6-1-2-12(18)11-3-4-13-14(8-11)22-10-21-13/h3-4,8,12,15,17H,1-2,5-7,9-10H2. The van der Waals surface area contributed by atoms with Crippen LogP contribution in [0.4, 0.5) is 0 Å². The molecule has 2 unspecified atom stereocenters. The van der Waals surface area contributed by atoms with Gasteiger partial charge in [0.2, 0.25) is 6.79 Å². The lowest BCUT2D eigenvalue weighted by Crippen LogP contribution is -2.49. The van der Waals surface area contributed by atoms with E-state index in [9.17, 15) is 4.79 Å². The summed E-state index contributed by atoms with van der Waals surface area (Å²) in [5.74, 6) is 1.64. The van der Waals surface area contributed by atoms with Crippen LogP contribution in [0.2, 0.25) is 0 Å². The van der Waals surface area contributed by atoms with Crippen molar-refractivity contribution >= 4 is 5.91 Å². The van der Waals surface area contributed by atoms with Gasteiger partial charge < -0.3 is 24.4 Å². The number of morpholine rings is 1. The van der Waals surface area contributed by atoms with Crippen molar-refractivity contribution in [2.45, 2.75) is 25.0 Å². The number of carbonyl (C=O) groups excluding carboxylic acids is 1. The zero-order valence-electron chi connectivity index (χ0n) is 12.4. The van der Waals surface area contributed by atoms with Crippen LogP contribution in [-0.4, -0.2) is 49.9 Å². The van der Waals surface area contributed by atoms with Gasteiger partial charge in [0.25, 0.3) is 5.91 Å². The fourth-order valence-electron chi connectivity index (χ4n) is 3.41. The summed E-state index contributed by atoms with van der Waals surface area (Å²) in [6.07, 6.45) is 1.64. The van der Waals surface area contributed by atoms with E-state index in [0.717, 1.165) is 43.0 Å². The number of fused-ring (bicyclic) bond motifs is 1. The lowest BCUT2D eigenvalue weighted by atomic mass is 10.0. The molecule has 6 heteroatoms. The summed E-state index contributed by atoms with van der Waals surface area (Å²) in [5, 5.41) is 3.22. The number of hydrogen-bond donors (Lipinski definition) is 1. The van der Waals surface area contributed by atoms with Crippen LogP contribution in [-0.2, 0) is 9.53 Å². The molecule has 2 saturated heterocycles. The predicted molar refractivity (Wildman–Crippen MR) is 78.9 cm³/mol. The summed E-state index contributed by atoms with van der Waals surface area (Å²) in [4.78, 5) is 14.7. The van der Waals surface area contributed by atoms with Gasteiger partial charge in [0.1, 0.15) is 6.10 Å². The highest BCUT2D eigenvalue weighted by Gasteiger charge is 2.35. The van der Waals surface area contributed by atoms with Gasteiger partial charge in [-0.05, 0) is 30.5 Å². The maximum Gasteiger partial charge on any atom is 0.253 e. The number of ether oxygens (including phenoxy) is 3. The van der Waals surface area contributed by atoms with Crippen LogP contribution in [0.5, 0.6) is 11.5 Å². The van der Waals surface area contributed by atoms with E-state index < -0.39 is 0 Å². The first-order valence-corrected chi connectivity index (χ1v) is 7.85. The fourth-order valence-corrected chi connectivity index (χ4v) is 3.41. The van der Waals surface area contributed by atoms with Crippen molar-refractivity contribution in [2.24, 2.45) is 0 Å². The number of amides is 1. The Morgan fingerprint density at radius 2 is 2.18 bits per heavy atom. The molecule has 3 aliphatic heterocycles. The van der Waals surface area contributed by atoms with Gasteiger partial charge in [-0.2, -0.15) is 0 Å². The summed E-state index contributed by atoms with van der Waals surface area (Å²) in [6.45, 7) is 3.07. The summed E-state index contributed by atoms with van der Waals surface area (Å²) in [6, 6.07) is 6.06. The third-order valence-electron chi connectivity index (χ3n) is 4.52. The van der Waals surface area contributed by atoms with E-state index in [1.165, 1.54) is 0 Å². The minimum Gasteiger partial charge on any atom is -0.454 e. The van der Waals surface area contributed by atoms with E-state index in [2.05, 4.69) is 5.32 Å². The average Bonchev–Trinajstić information content (AvgIpc) is 3.23. The summed E-state index contributed by atoms with van der Waals surface area (Å²) in [7, 11) is 0. The molecular weight excluding hydrogens is 284 g/mol. The highest BCUT2D eigenvalue weighted by molar-refractivity contribution is 5.82. The molecule has 6 nitrogen and oxygen atoms in total. The van der Waals surface area contributed by atoms with Crippen LogP contribution in [0, 0.1) is 0 Å². The second kappa shape index (κ2) is 5.78. The van der Waals surface area contributed by atoms with Crippen molar-refractivity contribution in [1.29, 1.82) is 0 Å². The minimum atomic E-state index is -0.358. The van der Waals surface area contributed by atoms with Gasteiger partial charge in [0.15, 0.2) is 11.5 Å². The van der Waals surface area contributed by atoms with Gasteiger partial charge >= 0.3 is 0 Å². The summed E-state index contributed by atoms with van der Waals surface area (Å²) < 4.78 is 16.4. The first kappa shape index (κ1) is 13.8.